The summed E-state index contributed by atoms with van der Waals surface area (Å²) < 4.78 is 6.73. The Kier molecular flexibility index (Phi) is 2.73. The summed E-state index contributed by atoms with van der Waals surface area (Å²) in [6, 6.07) is 5.26. The van der Waals surface area contributed by atoms with Gasteiger partial charge in [-0.05, 0) is 18.4 Å². The molecule has 80 valence electrons. The smallest absolute Gasteiger partial charge is 0.408 e. The van der Waals surface area contributed by atoms with Gasteiger partial charge in [0.25, 0.3) is 0 Å². The Morgan fingerprint density at radius 1 is 1.53 bits per heavy atom. The Morgan fingerprint density at radius 3 is 3.07 bits per heavy atom. The van der Waals surface area contributed by atoms with E-state index in [-0.39, 0.29) is 5.76 Å². The Hall–Kier alpha value is -1.36. The Morgan fingerprint density at radius 2 is 2.33 bits per heavy atom. The maximum absolute atomic E-state index is 11.5. The standard InChI is InChI=1S/C10H12N2O2S/c1-15-5-4-12-8-3-2-7(11)6-9(8)14-10(12)13/h2-3,6H,4-5,11H2,1H3. The first kappa shape index (κ1) is 10.2. The van der Waals surface area contributed by atoms with E-state index >= 15 is 0 Å². The second kappa shape index (κ2) is 4.02. The minimum Gasteiger partial charge on any atom is -0.408 e. The van der Waals surface area contributed by atoms with E-state index in [2.05, 4.69) is 0 Å². The monoisotopic (exact) mass is 224 g/mol. The van der Waals surface area contributed by atoms with Gasteiger partial charge in [-0.15, -0.1) is 0 Å². The zero-order valence-electron chi connectivity index (χ0n) is 8.40. The summed E-state index contributed by atoms with van der Waals surface area (Å²) in [5.74, 6) is 0.573. The molecule has 0 unspecified atom stereocenters. The van der Waals surface area contributed by atoms with Gasteiger partial charge in [0.2, 0.25) is 0 Å². The van der Waals surface area contributed by atoms with Gasteiger partial charge in [0.1, 0.15) is 0 Å². The second-order valence-electron chi connectivity index (χ2n) is 3.24. The first-order chi connectivity index (χ1) is 7.22. The molecule has 2 N–H and O–H groups in total. The Labute approximate surface area is 91.1 Å². The van der Waals surface area contributed by atoms with Crippen molar-refractivity contribution in [3.8, 4) is 0 Å². The van der Waals surface area contributed by atoms with E-state index < -0.39 is 0 Å². The zero-order valence-corrected chi connectivity index (χ0v) is 9.21. The summed E-state index contributed by atoms with van der Waals surface area (Å²) in [6.07, 6.45) is 2.01. The van der Waals surface area contributed by atoms with Gasteiger partial charge in [0.05, 0.1) is 5.52 Å². The van der Waals surface area contributed by atoms with E-state index in [1.165, 1.54) is 0 Å². The van der Waals surface area contributed by atoms with Crippen molar-refractivity contribution in [1.82, 2.24) is 4.57 Å². The molecule has 0 fully saturated rings. The molecule has 1 heterocycles. The van der Waals surface area contributed by atoms with Crippen molar-refractivity contribution >= 4 is 28.5 Å². The molecular weight excluding hydrogens is 212 g/mol. The number of rotatable bonds is 3. The van der Waals surface area contributed by atoms with Crippen LogP contribution in [0.4, 0.5) is 5.69 Å². The third-order valence-corrected chi connectivity index (χ3v) is 2.80. The van der Waals surface area contributed by atoms with Crippen LogP contribution in [-0.2, 0) is 6.54 Å². The van der Waals surface area contributed by atoms with Crippen molar-refractivity contribution in [2.45, 2.75) is 6.54 Å². The van der Waals surface area contributed by atoms with E-state index in [1.54, 1.807) is 28.5 Å². The van der Waals surface area contributed by atoms with Gasteiger partial charge in [-0.3, -0.25) is 4.57 Å². The highest BCUT2D eigenvalue weighted by Gasteiger charge is 2.08. The number of nitrogens with two attached hydrogens (primary N) is 1. The lowest BCUT2D eigenvalue weighted by molar-refractivity contribution is 0.514. The lowest BCUT2D eigenvalue weighted by Gasteiger charge is -1.99. The number of hydrogen-bond acceptors (Lipinski definition) is 4. The van der Waals surface area contributed by atoms with Gasteiger partial charge >= 0.3 is 5.76 Å². The summed E-state index contributed by atoms with van der Waals surface area (Å²) in [7, 11) is 0. The van der Waals surface area contributed by atoms with Crippen molar-refractivity contribution < 1.29 is 4.42 Å². The summed E-state index contributed by atoms with van der Waals surface area (Å²) in [5.41, 5.74) is 7.58. The predicted octanol–water partition coefficient (Wildman–Crippen LogP) is 1.54. The van der Waals surface area contributed by atoms with Gasteiger partial charge < -0.3 is 10.2 Å². The maximum atomic E-state index is 11.5. The lowest BCUT2D eigenvalue weighted by Crippen LogP contribution is -2.15. The minimum atomic E-state index is -0.315. The van der Waals surface area contributed by atoms with E-state index in [4.69, 9.17) is 10.2 Å². The van der Waals surface area contributed by atoms with Gasteiger partial charge in [-0.25, -0.2) is 4.79 Å². The number of nitrogens with zero attached hydrogens (tertiary/aromatic N) is 1. The fraction of sp³-hybridized carbons (Fsp3) is 0.300. The third-order valence-electron chi connectivity index (χ3n) is 2.21. The van der Waals surface area contributed by atoms with Crippen molar-refractivity contribution in [1.29, 1.82) is 0 Å². The average molecular weight is 224 g/mol. The molecule has 2 aromatic rings. The molecule has 0 saturated carbocycles. The molecule has 2 rings (SSSR count). The molecule has 0 aliphatic rings. The largest absolute Gasteiger partial charge is 0.419 e. The molecule has 15 heavy (non-hydrogen) atoms. The van der Waals surface area contributed by atoms with Gasteiger partial charge in [0, 0.05) is 24.1 Å². The van der Waals surface area contributed by atoms with Crippen molar-refractivity contribution in [3.05, 3.63) is 28.7 Å². The molecule has 0 spiro atoms. The topological polar surface area (TPSA) is 61.2 Å². The minimum absolute atomic E-state index is 0.315. The SMILES string of the molecule is CSCCn1c(=O)oc2cc(N)ccc21. The molecular formula is C10H12N2O2S. The number of anilines is 1. The van der Waals surface area contributed by atoms with Crippen LogP contribution in [0.1, 0.15) is 0 Å². The maximum Gasteiger partial charge on any atom is 0.419 e. The van der Waals surface area contributed by atoms with Crippen LogP contribution >= 0.6 is 11.8 Å². The predicted molar refractivity (Wildman–Crippen MR) is 63.3 cm³/mol. The van der Waals surface area contributed by atoms with Crippen LogP contribution in [0, 0.1) is 0 Å². The van der Waals surface area contributed by atoms with E-state index in [0.717, 1.165) is 11.3 Å². The molecule has 0 aliphatic carbocycles. The molecule has 0 aliphatic heterocycles. The quantitative estimate of drug-likeness (QED) is 0.803. The van der Waals surface area contributed by atoms with Crippen LogP contribution in [0.3, 0.4) is 0 Å². The molecule has 0 atom stereocenters. The number of hydrogen-bond donors (Lipinski definition) is 1. The summed E-state index contributed by atoms with van der Waals surface area (Å²) >= 11 is 1.69. The van der Waals surface area contributed by atoms with Crippen molar-refractivity contribution in [2.24, 2.45) is 0 Å². The lowest BCUT2D eigenvalue weighted by atomic mass is 10.3. The Bertz CT molecular complexity index is 530. The number of benzene rings is 1. The molecule has 0 saturated heterocycles. The highest BCUT2D eigenvalue weighted by Crippen LogP contribution is 2.16. The van der Waals surface area contributed by atoms with Gasteiger partial charge in [0.15, 0.2) is 5.58 Å². The van der Waals surface area contributed by atoms with Gasteiger partial charge in [-0.2, -0.15) is 11.8 Å². The molecule has 1 aromatic heterocycles. The summed E-state index contributed by atoms with van der Waals surface area (Å²) in [4.78, 5) is 11.5. The van der Waals surface area contributed by atoms with Crippen LogP contribution in [0.15, 0.2) is 27.4 Å². The average Bonchev–Trinajstić information content (AvgIpc) is 2.50. The number of fused-ring (bicyclic) bond motifs is 1. The Balaban J connectivity index is 2.53. The van der Waals surface area contributed by atoms with Crippen LogP contribution in [0.2, 0.25) is 0 Å². The summed E-state index contributed by atoms with van der Waals surface area (Å²) in [6.45, 7) is 0.664. The fourth-order valence-electron chi connectivity index (χ4n) is 1.48. The molecule has 0 bridgehead atoms. The number of nitrogen functional groups attached to an aromatic ring is 1. The van der Waals surface area contributed by atoms with Crippen molar-refractivity contribution in [2.75, 3.05) is 17.7 Å². The zero-order chi connectivity index (χ0) is 10.8. The second-order valence-corrected chi connectivity index (χ2v) is 4.23. The fourth-order valence-corrected chi connectivity index (χ4v) is 1.84. The van der Waals surface area contributed by atoms with Crippen LogP contribution in [0.5, 0.6) is 0 Å². The first-order valence-corrected chi connectivity index (χ1v) is 5.99. The molecule has 0 radical (unpaired) electrons. The van der Waals surface area contributed by atoms with Crippen LogP contribution < -0.4 is 11.5 Å². The summed E-state index contributed by atoms with van der Waals surface area (Å²) in [5, 5.41) is 0. The number of aromatic nitrogens is 1. The number of oxazole rings is 1. The highest BCUT2D eigenvalue weighted by molar-refractivity contribution is 7.98. The van der Waals surface area contributed by atoms with Crippen LogP contribution in [-0.4, -0.2) is 16.6 Å². The highest BCUT2D eigenvalue weighted by atomic mass is 32.2. The first-order valence-electron chi connectivity index (χ1n) is 4.60. The number of aryl methyl sites for hydroxylation is 1. The third kappa shape index (κ3) is 1.87. The van der Waals surface area contributed by atoms with E-state index in [1.807, 2.05) is 12.3 Å². The molecule has 4 nitrogen and oxygen atoms in total. The van der Waals surface area contributed by atoms with E-state index in [9.17, 15) is 4.79 Å². The van der Waals surface area contributed by atoms with E-state index in [0.29, 0.717) is 17.8 Å². The molecule has 1 aromatic carbocycles. The molecule has 0 amide bonds. The normalized spacial score (nSPS) is 11.0. The van der Waals surface area contributed by atoms with Crippen molar-refractivity contribution in [3.63, 3.8) is 0 Å². The number of thioether (sulfide) groups is 1. The van der Waals surface area contributed by atoms with Crippen LogP contribution in [0.25, 0.3) is 11.1 Å². The van der Waals surface area contributed by atoms with Gasteiger partial charge in [-0.1, -0.05) is 0 Å². The molecule has 5 heteroatoms.